The first kappa shape index (κ1) is 25.6. The van der Waals surface area contributed by atoms with Gasteiger partial charge in [-0.15, -0.1) is 10.2 Å². The number of hydrogen-bond donors (Lipinski definition) is 0. The number of aromatic nitrogens is 3. The molecule has 0 N–H and O–H groups in total. The van der Waals surface area contributed by atoms with Crippen LogP contribution in [0.1, 0.15) is 96.1 Å². The van der Waals surface area contributed by atoms with Gasteiger partial charge in [0.1, 0.15) is 0 Å². The summed E-state index contributed by atoms with van der Waals surface area (Å²) in [5.41, 5.74) is 2.94. The smallest absolute Gasteiger partial charge is 0.233 e. The molecule has 1 aliphatic rings. The molecule has 0 spiro atoms. The Morgan fingerprint density at radius 1 is 0.788 bits per heavy atom. The van der Waals surface area contributed by atoms with Crippen molar-refractivity contribution in [2.45, 2.75) is 96.8 Å². The molecule has 0 amide bonds. The largest absolute Gasteiger partial charge is 0.477 e. The summed E-state index contributed by atoms with van der Waals surface area (Å²) < 4.78 is 11.5. The first-order chi connectivity index (χ1) is 16.3. The standard InChI is InChI=1S/C28H43N3O2/c1-2-3-4-9-20-32-21-11-8-13-26-17-16-25(23-29-26)27-18-19-28(31-30-27)33-22-10-6-5-7-12-24-14-15-24/h16-19,23-24H,2-15,20-22H2,1H3. The molecule has 0 atom stereocenters. The summed E-state index contributed by atoms with van der Waals surface area (Å²) in [5, 5.41) is 8.55. The van der Waals surface area contributed by atoms with Crippen molar-refractivity contribution >= 4 is 0 Å². The van der Waals surface area contributed by atoms with Crippen molar-refractivity contribution in [2.24, 2.45) is 5.92 Å². The molecule has 2 aromatic heterocycles. The lowest BCUT2D eigenvalue weighted by atomic mass is 10.1. The van der Waals surface area contributed by atoms with Gasteiger partial charge in [0.2, 0.25) is 5.88 Å². The molecule has 182 valence electrons. The highest BCUT2D eigenvalue weighted by Crippen LogP contribution is 2.34. The molecule has 0 unspecified atom stereocenters. The first-order valence-electron chi connectivity index (χ1n) is 13.3. The van der Waals surface area contributed by atoms with E-state index < -0.39 is 0 Å². The summed E-state index contributed by atoms with van der Waals surface area (Å²) in [6, 6.07) is 8.05. The number of rotatable bonds is 19. The maximum absolute atomic E-state index is 5.75. The summed E-state index contributed by atoms with van der Waals surface area (Å²) >= 11 is 0. The molecule has 33 heavy (non-hydrogen) atoms. The van der Waals surface area contributed by atoms with Crippen molar-refractivity contribution in [3.05, 3.63) is 36.2 Å². The monoisotopic (exact) mass is 453 g/mol. The van der Waals surface area contributed by atoms with Gasteiger partial charge >= 0.3 is 0 Å². The van der Waals surface area contributed by atoms with Crippen molar-refractivity contribution in [1.82, 2.24) is 15.2 Å². The minimum Gasteiger partial charge on any atom is -0.477 e. The number of nitrogens with zero attached hydrogens (tertiary/aromatic N) is 3. The lowest BCUT2D eigenvalue weighted by Crippen LogP contribution is -2.01. The van der Waals surface area contributed by atoms with Crippen LogP contribution < -0.4 is 4.74 Å². The zero-order chi connectivity index (χ0) is 23.0. The van der Waals surface area contributed by atoms with E-state index in [-0.39, 0.29) is 0 Å². The summed E-state index contributed by atoms with van der Waals surface area (Å²) in [4.78, 5) is 4.61. The quantitative estimate of drug-likeness (QED) is 0.211. The van der Waals surface area contributed by atoms with Crippen LogP contribution in [-0.2, 0) is 11.2 Å². The molecule has 1 fully saturated rings. The van der Waals surface area contributed by atoms with Gasteiger partial charge in [-0.3, -0.25) is 4.98 Å². The fourth-order valence-corrected chi connectivity index (χ4v) is 3.99. The van der Waals surface area contributed by atoms with Gasteiger partial charge < -0.3 is 9.47 Å². The predicted octanol–water partition coefficient (Wildman–Crippen LogP) is 7.20. The fraction of sp³-hybridized carbons (Fsp3) is 0.679. The fourth-order valence-electron chi connectivity index (χ4n) is 3.99. The normalized spacial score (nSPS) is 13.4. The zero-order valence-corrected chi connectivity index (χ0v) is 20.6. The SMILES string of the molecule is CCCCCCOCCCCc1ccc(-c2ccc(OCCCCCCC3CC3)nn2)cn1. The molecule has 5 heteroatoms. The maximum Gasteiger partial charge on any atom is 0.233 e. The third kappa shape index (κ3) is 11.1. The third-order valence-electron chi connectivity index (χ3n) is 6.33. The van der Waals surface area contributed by atoms with Crippen molar-refractivity contribution < 1.29 is 9.47 Å². The highest BCUT2D eigenvalue weighted by atomic mass is 16.5. The second-order valence-corrected chi connectivity index (χ2v) is 9.42. The van der Waals surface area contributed by atoms with E-state index in [0.717, 1.165) is 68.4 Å². The Kier molecular flexibility index (Phi) is 12.2. The number of hydrogen-bond acceptors (Lipinski definition) is 5. The van der Waals surface area contributed by atoms with Crippen LogP contribution in [0.4, 0.5) is 0 Å². The molecule has 0 aromatic carbocycles. The molecular weight excluding hydrogens is 410 g/mol. The van der Waals surface area contributed by atoms with Crippen LogP contribution in [0.15, 0.2) is 30.5 Å². The van der Waals surface area contributed by atoms with E-state index in [9.17, 15) is 0 Å². The van der Waals surface area contributed by atoms with Gasteiger partial charge in [-0.2, -0.15) is 0 Å². The Labute approximate surface area is 200 Å². The minimum absolute atomic E-state index is 0.605. The number of aryl methyl sites for hydroxylation is 1. The summed E-state index contributed by atoms with van der Waals surface area (Å²) in [5.74, 6) is 1.66. The molecular formula is C28H43N3O2. The maximum atomic E-state index is 5.75. The van der Waals surface area contributed by atoms with Crippen molar-refractivity contribution in [3.8, 4) is 17.1 Å². The average molecular weight is 454 g/mol. The Morgan fingerprint density at radius 2 is 1.58 bits per heavy atom. The zero-order valence-electron chi connectivity index (χ0n) is 20.6. The van der Waals surface area contributed by atoms with E-state index in [1.807, 2.05) is 18.3 Å². The van der Waals surface area contributed by atoms with Gasteiger partial charge in [0.05, 0.1) is 12.3 Å². The van der Waals surface area contributed by atoms with E-state index in [4.69, 9.17) is 9.47 Å². The Morgan fingerprint density at radius 3 is 2.30 bits per heavy atom. The molecule has 2 heterocycles. The van der Waals surface area contributed by atoms with Gasteiger partial charge in [0, 0.05) is 36.7 Å². The molecule has 1 aliphatic carbocycles. The number of unbranched alkanes of at least 4 members (excludes halogenated alkanes) is 7. The second kappa shape index (κ2) is 15.8. The van der Waals surface area contributed by atoms with Gasteiger partial charge in [0.15, 0.2) is 0 Å². The summed E-state index contributed by atoms with van der Waals surface area (Å²) in [6.07, 6.45) is 19.5. The van der Waals surface area contributed by atoms with E-state index in [2.05, 4.69) is 34.2 Å². The van der Waals surface area contributed by atoms with Crippen LogP contribution in [0.5, 0.6) is 5.88 Å². The van der Waals surface area contributed by atoms with E-state index in [1.165, 1.54) is 64.2 Å². The molecule has 0 bridgehead atoms. The van der Waals surface area contributed by atoms with Crippen LogP contribution in [0, 0.1) is 5.92 Å². The van der Waals surface area contributed by atoms with Crippen LogP contribution in [0.3, 0.4) is 0 Å². The molecule has 0 saturated heterocycles. The van der Waals surface area contributed by atoms with Crippen LogP contribution in [0.2, 0.25) is 0 Å². The average Bonchev–Trinajstić information content (AvgIpc) is 3.68. The molecule has 3 rings (SSSR count). The number of ether oxygens (including phenoxy) is 2. The van der Waals surface area contributed by atoms with Gasteiger partial charge in [-0.25, -0.2) is 0 Å². The van der Waals surface area contributed by atoms with Gasteiger partial charge in [-0.1, -0.05) is 64.7 Å². The highest BCUT2D eigenvalue weighted by molar-refractivity contribution is 5.57. The van der Waals surface area contributed by atoms with Gasteiger partial charge in [-0.05, 0) is 56.2 Å². The molecule has 2 aromatic rings. The molecule has 5 nitrogen and oxygen atoms in total. The lowest BCUT2D eigenvalue weighted by Gasteiger charge is -2.06. The highest BCUT2D eigenvalue weighted by Gasteiger charge is 2.19. The van der Waals surface area contributed by atoms with Crippen molar-refractivity contribution in [2.75, 3.05) is 19.8 Å². The second-order valence-electron chi connectivity index (χ2n) is 9.42. The predicted molar refractivity (Wildman–Crippen MR) is 134 cm³/mol. The number of pyridine rings is 1. The van der Waals surface area contributed by atoms with Crippen LogP contribution >= 0.6 is 0 Å². The first-order valence-corrected chi connectivity index (χ1v) is 13.3. The van der Waals surface area contributed by atoms with E-state index in [1.54, 1.807) is 0 Å². The Hall–Kier alpha value is -2.01. The summed E-state index contributed by atoms with van der Waals surface area (Å²) in [7, 11) is 0. The van der Waals surface area contributed by atoms with Crippen molar-refractivity contribution in [3.63, 3.8) is 0 Å². The molecule has 1 saturated carbocycles. The Bertz CT molecular complexity index is 745. The Balaban J connectivity index is 1.25. The van der Waals surface area contributed by atoms with Crippen LogP contribution in [-0.4, -0.2) is 35.0 Å². The topological polar surface area (TPSA) is 57.1 Å². The molecule has 0 radical (unpaired) electrons. The third-order valence-corrected chi connectivity index (χ3v) is 6.33. The lowest BCUT2D eigenvalue weighted by molar-refractivity contribution is 0.126. The summed E-state index contributed by atoms with van der Waals surface area (Å²) in [6.45, 7) is 4.71. The van der Waals surface area contributed by atoms with E-state index >= 15 is 0 Å². The van der Waals surface area contributed by atoms with E-state index in [0.29, 0.717) is 5.88 Å². The van der Waals surface area contributed by atoms with Gasteiger partial charge in [0.25, 0.3) is 0 Å². The molecule has 0 aliphatic heterocycles. The minimum atomic E-state index is 0.605. The van der Waals surface area contributed by atoms with Crippen LogP contribution in [0.25, 0.3) is 11.3 Å². The van der Waals surface area contributed by atoms with Crippen molar-refractivity contribution in [1.29, 1.82) is 0 Å².